The highest BCUT2D eigenvalue weighted by atomic mass is 35.5. The summed E-state index contributed by atoms with van der Waals surface area (Å²) in [6.07, 6.45) is 1.76. The Bertz CT molecular complexity index is 1090. The zero-order chi connectivity index (χ0) is 20.9. The van der Waals surface area contributed by atoms with Crippen LogP contribution < -0.4 is 11.1 Å². The van der Waals surface area contributed by atoms with E-state index in [1.165, 1.54) is 6.07 Å². The Balaban J connectivity index is 1.82. The Morgan fingerprint density at radius 2 is 2.14 bits per heavy atom. The topological polar surface area (TPSA) is 97.2 Å². The van der Waals surface area contributed by atoms with Crippen LogP contribution in [0.5, 0.6) is 0 Å². The summed E-state index contributed by atoms with van der Waals surface area (Å²) < 4.78 is 20.2. The molecular formula is C21H24ClFN4O2. The Morgan fingerprint density at radius 1 is 1.38 bits per heavy atom. The molecular weight excluding hydrogens is 395 g/mol. The maximum Gasteiger partial charge on any atom is 0.223 e. The third-order valence-corrected chi connectivity index (χ3v) is 6.50. The van der Waals surface area contributed by atoms with Crippen molar-refractivity contribution in [3.63, 3.8) is 0 Å². The molecule has 1 aliphatic carbocycles. The van der Waals surface area contributed by atoms with Crippen LogP contribution >= 0.6 is 11.6 Å². The second-order valence-corrected chi connectivity index (χ2v) is 8.54. The number of benzene rings is 1. The number of nitrogens with zero attached hydrogens (tertiary/aromatic N) is 2. The number of aliphatic hydroxyl groups is 1. The molecule has 4 rings (SSSR count). The SMILES string of the molecule is Cc1cc(F)c2oc(-c3c(Cl)nc(N)nc3NC3(C)CCC(CO)C3C)cc2c1. The van der Waals surface area contributed by atoms with Gasteiger partial charge in [0.2, 0.25) is 5.95 Å². The molecule has 0 aliphatic heterocycles. The number of hydrogen-bond acceptors (Lipinski definition) is 6. The molecule has 4 N–H and O–H groups in total. The fourth-order valence-electron chi connectivity index (χ4n) is 4.31. The third-order valence-electron chi connectivity index (χ3n) is 6.23. The number of rotatable bonds is 4. The van der Waals surface area contributed by atoms with E-state index in [0.717, 1.165) is 18.4 Å². The first-order chi connectivity index (χ1) is 13.7. The molecule has 0 bridgehead atoms. The summed E-state index contributed by atoms with van der Waals surface area (Å²) in [7, 11) is 0. The van der Waals surface area contributed by atoms with Gasteiger partial charge in [-0.3, -0.25) is 0 Å². The van der Waals surface area contributed by atoms with E-state index >= 15 is 0 Å². The Morgan fingerprint density at radius 3 is 2.83 bits per heavy atom. The zero-order valence-electron chi connectivity index (χ0n) is 16.6. The van der Waals surface area contributed by atoms with E-state index in [2.05, 4.69) is 29.1 Å². The van der Waals surface area contributed by atoms with Gasteiger partial charge in [0.05, 0.1) is 5.56 Å². The van der Waals surface area contributed by atoms with Crippen LogP contribution in [0.3, 0.4) is 0 Å². The van der Waals surface area contributed by atoms with Gasteiger partial charge < -0.3 is 20.6 Å². The summed E-state index contributed by atoms with van der Waals surface area (Å²) in [6, 6.07) is 5.00. The summed E-state index contributed by atoms with van der Waals surface area (Å²) in [5, 5.41) is 13.9. The van der Waals surface area contributed by atoms with Crippen LogP contribution in [0.15, 0.2) is 22.6 Å². The van der Waals surface area contributed by atoms with Gasteiger partial charge in [0.25, 0.3) is 0 Å². The number of nitrogens with one attached hydrogen (secondary N) is 1. The van der Waals surface area contributed by atoms with E-state index in [1.54, 1.807) is 6.07 Å². The normalized spacial score (nSPS) is 24.3. The van der Waals surface area contributed by atoms with Crippen molar-refractivity contribution in [1.29, 1.82) is 0 Å². The lowest BCUT2D eigenvalue weighted by Crippen LogP contribution is -2.40. The first-order valence-electron chi connectivity index (χ1n) is 9.64. The van der Waals surface area contributed by atoms with Crippen LogP contribution in [-0.2, 0) is 0 Å². The summed E-state index contributed by atoms with van der Waals surface area (Å²) in [4.78, 5) is 8.44. The van der Waals surface area contributed by atoms with Crippen LogP contribution in [0.1, 0.15) is 32.3 Å². The van der Waals surface area contributed by atoms with Gasteiger partial charge in [-0.15, -0.1) is 0 Å². The highest BCUT2D eigenvalue weighted by Crippen LogP contribution is 2.44. The molecule has 1 fully saturated rings. The van der Waals surface area contributed by atoms with Crippen molar-refractivity contribution in [3.05, 3.63) is 34.7 Å². The first kappa shape index (κ1) is 19.9. The van der Waals surface area contributed by atoms with Crippen LogP contribution in [0.25, 0.3) is 22.3 Å². The molecule has 2 aromatic heterocycles. The van der Waals surface area contributed by atoms with Gasteiger partial charge in [-0.05, 0) is 62.3 Å². The van der Waals surface area contributed by atoms with Gasteiger partial charge >= 0.3 is 0 Å². The van der Waals surface area contributed by atoms with Crippen molar-refractivity contribution in [2.75, 3.05) is 17.7 Å². The maximum atomic E-state index is 14.3. The summed E-state index contributed by atoms with van der Waals surface area (Å²) in [6.45, 7) is 6.15. The fourth-order valence-corrected chi connectivity index (χ4v) is 4.58. The summed E-state index contributed by atoms with van der Waals surface area (Å²) in [5.41, 5.74) is 6.93. The first-order valence-corrected chi connectivity index (χ1v) is 10.0. The van der Waals surface area contributed by atoms with Gasteiger partial charge in [0.1, 0.15) is 16.7 Å². The molecule has 154 valence electrons. The molecule has 3 atom stereocenters. The number of fused-ring (bicyclic) bond motifs is 1. The summed E-state index contributed by atoms with van der Waals surface area (Å²) >= 11 is 6.43. The van der Waals surface area contributed by atoms with Crippen LogP contribution in [-0.4, -0.2) is 27.2 Å². The molecule has 3 aromatic rings. The van der Waals surface area contributed by atoms with Crippen molar-refractivity contribution < 1.29 is 13.9 Å². The van der Waals surface area contributed by atoms with E-state index in [9.17, 15) is 9.50 Å². The number of halogens is 2. The largest absolute Gasteiger partial charge is 0.453 e. The lowest BCUT2D eigenvalue weighted by Gasteiger charge is -2.33. The number of nitrogens with two attached hydrogens (primary N) is 1. The van der Waals surface area contributed by atoms with Gasteiger partial charge in [-0.2, -0.15) is 4.98 Å². The number of anilines is 2. The molecule has 3 unspecified atom stereocenters. The second kappa shape index (κ2) is 7.15. The van der Waals surface area contributed by atoms with Crippen molar-refractivity contribution in [3.8, 4) is 11.3 Å². The molecule has 0 amide bonds. The van der Waals surface area contributed by atoms with Gasteiger partial charge in [-0.1, -0.05) is 18.5 Å². The monoisotopic (exact) mass is 418 g/mol. The minimum atomic E-state index is -0.435. The van der Waals surface area contributed by atoms with Crippen molar-refractivity contribution >= 4 is 34.3 Å². The van der Waals surface area contributed by atoms with E-state index < -0.39 is 5.82 Å². The minimum Gasteiger partial charge on any atom is -0.453 e. The van der Waals surface area contributed by atoms with Crippen LogP contribution in [0.2, 0.25) is 5.15 Å². The Kier molecular flexibility index (Phi) is 4.91. The predicted octanol–water partition coefficient (Wildman–Crippen LogP) is 4.78. The molecule has 6 nitrogen and oxygen atoms in total. The molecule has 8 heteroatoms. The Labute approximate surface area is 173 Å². The van der Waals surface area contributed by atoms with Gasteiger partial charge in [0.15, 0.2) is 11.4 Å². The molecule has 2 heterocycles. The lowest BCUT2D eigenvalue weighted by atomic mass is 9.86. The van der Waals surface area contributed by atoms with E-state index in [0.29, 0.717) is 22.5 Å². The van der Waals surface area contributed by atoms with Crippen LogP contribution in [0, 0.1) is 24.6 Å². The molecule has 0 saturated heterocycles. The smallest absolute Gasteiger partial charge is 0.223 e. The summed E-state index contributed by atoms with van der Waals surface area (Å²) in [5.74, 6) is 0.805. The number of nitrogen functional groups attached to an aromatic ring is 1. The fraction of sp³-hybridized carbons (Fsp3) is 0.429. The number of hydrogen-bond donors (Lipinski definition) is 3. The predicted molar refractivity (Wildman–Crippen MR) is 112 cm³/mol. The average molecular weight is 419 g/mol. The maximum absolute atomic E-state index is 14.3. The second-order valence-electron chi connectivity index (χ2n) is 8.18. The number of aryl methyl sites for hydroxylation is 1. The number of aliphatic hydroxyl groups excluding tert-OH is 1. The quantitative estimate of drug-likeness (QED) is 0.527. The van der Waals surface area contributed by atoms with Gasteiger partial charge in [0, 0.05) is 17.5 Å². The van der Waals surface area contributed by atoms with E-state index in [-0.39, 0.29) is 40.7 Å². The molecule has 1 aliphatic rings. The molecule has 0 spiro atoms. The van der Waals surface area contributed by atoms with Crippen molar-refractivity contribution in [1.82, 2.24) is 9.97 Å². The van der Waals surface area contributed by atoms with E-state index in [1.807, 2.05) is 13.0 Å². The standard InChI is InChI=1S/C21H24ClFN4O2/c1-10-6-13-8-15(29-17(13)14(23)7-10)16-18(22)25-20(24)26-19(16)27-21(3)5-4-12(9-28)11(21)2/h6-8,11-12,28H,4-5,9H2,1-3H3,(H3,24,25,26,27). The van der Waals surface area contributed by atoms with E-state index in [4.69, 9.17) is 21.8 Å². The third kappa shape index (κ3) is 3.42. The molecule has 0 radical (unpaired) electrons. The number of furan rings is 1. The number of aromatic nitrogens is 2. The van der Waals surface area contributed by atoms with Crippen LogP contribution in [0.4, 0.5) is 16.2 Å². The van der Waals surface area contributed by atoms with Crippen molar-refractivity contribution in [2.24, 2.45) is 11.8 Å². The molecule has 1 saturated carbocycles. The molecule has 1 aromatic carbocycles. The highest BCUT2D eigenvalue weighted by Gasteiger charge is 2.43. The minimum absolute atomic E-state index is 0.0346. The highest BCUT2D eigenvalue weighted by molar-refractivity contribution is 6.32. The Hall–Kier alpha value is -2.38. The van der Waals surface area contributed by atoms with Gasteiger partial charge in [-0.25, -0.2) is 9.37 Å². The average Bonchev–Trinajstić information content (AvgIpc) is 3.16. The lowest BCUT2D eigenvalue weighted by molar-refractivity contribution is 0.187. The van der Waals surface area contributed by atoms with Crippen molar-refractivity contribution in [2.45, 2.75) is 39.2 Å². The zero-order valence-corrected chi connectivity index (χ0v) is 17.3. The molecule has 29 heavy (non-hydrogen) atoms.